The first-order chi connectivity index (χ1) is 25.5. The lowest BCUT2D eigenvalue weighted by Gasteiger charge is -2.35. The highest BCUT2D eigenvalue weighted by Gasteiger charge is 2.43. The summed E-state index contributed by atoms with van der Waals surface area (Å²) in [7, 11) is 0. The van der Waals surface area contributed by atoms with Crippen LogP contribution in [-0.4, -0.2) is 106 Å². The summed E-state index contributed by atoms with van der Waals surface area (Å²) in [6.45, 7) is 15.2. The Bertz CT molecular complexity index is 1440. The van der Waals surface area contributed by atoms with Gasteiger partial charge in [0, 0.05) is 13.1 Å². The van der Waals surface area contributed by atoms with Crippen molar-refractivity contribution < 1.29 is 38.6 Å². The van der Waals surface area contributed by atoms with Crippen molar-refractivity contribution >= 4 is 35.6 Å². The Hall–Kier alpha value is -4.20. The minimum Gasteiger partial charge on any atom is -0.445 e. The van der Waals surface area contributed by atoms with Gasteiger partial charge in [0.05, 0.1) is 12.6 Å². The van der Waals surface area contributed by atoms with Crippen molar-refractivity contribution in [3.8, 4) is 0 Å². The Balaban J connectivity index is 1.69. The molecule has 14 heteroatoms. The summed E-state index contributed by atoms with van der Waals surface area (Å²) in [5.74, 6) is -2.41. The number of benzene rings is 1. The van der Waals surface area contributed by atoms with E-state index in [1.54, 1.807) is 13.8 Å². The fourth-order valence-electron chi connectivity index (χ4n) is 7.11. The molecule has 54 heavy (non-hydrogen) atoms. The van der Waals surface area contributed by atoms with E-state index in [1.807, 2.05) is 71.9 Å². The van der Waals surface area contributed by atoms with Crippen LogP contribution in [0.25, 0.3) is 0 Å². The predicted octanol–water partition coefficient (Wildman–Crippen LogP) is 3.26. The molecule has 0 unspecified atom stereocenters. The van der Waals surface area contributed by atoms with Crippen molar-refractivity contribution in [2.45, 2.75) is 143 Å². The van der Waals surface area contributed by atoms with Crippen molar-refractivity contribution in [1.82, 2.24) is 31.1 Å². The lowest BCUT2D eigenvalue weighted by molar-refractivity contribution is -0.145. The molecule has 2 aliphatic heterocycles. The Morgan fingerprint density at radius 2 is 1.39 bits per heavy atom. The molecule has 2 heterocycles. The van der Waals surface area contributed by atoms with Crippen LogP contribution < -0.4 is 21.3 Å². The maximum absolute atomic E-state index is 13.9. The molecule has 0 radical (unpaired) electrons. The minimum absolute atomic E-state index is 0.0117. The van der Waals surface area contributed by atoms with Crippen LogP contribution in [0, 0.1) is 17.8 Å². The van der Waals surface area contributed by atoms with E-state index in [9.17, 15) is 33.9 Å². The van der Waals surface area contributed by atoms with Crippen LogP contribution >= 0.6 is 0 Å². The van der Waals surface area contributed by atoms with Gasteiger partial charge in [-0.3, -0.25) is 28.9 Å². The summed E-state index contributed by atoms with van der Waals surface area (Å²) in [5.41, 5.74) is -0.594. The van der Waals surface area contributed by atoms with E-state index in [4.69, 9.17) is 4.74 Å². The second-order valence-electron chi connectivity index (χ2n) is 16.2. The molecule has 5 N–H and O–H groups in total. The van der Waals surface area contributed by atoms with Gasteiger partial charge in [-0.15, -0.1) is 0 Å². The third-order valence-corrected chi connectivity index (χ3v) is 10.2. The lowest BCUT2D eigenvalue weighted by atomic mass is 9.95. The molecule has 14 nitrogen and oxygen atoms in total. The molecule has 2 saturated heterocycles. The van der Waals surface area contributed by atoms with Crippen LogP contribution in [0.5, 0.6) is 0 Å². The summed E-state index contributed by atoms with van der Waals surface area (Å²) >= 11 is 0. The number of hydrogen-bond acceptors (Lipinski definition) is 8. The Kier molecular flexibility index (Phi) is 16.8. The Morgan fingerprint density at radius 3 is 1.96 bits per heavy atom. The second kappa shape index (κ2) is 20.5. The van der Waals surface area contributed by atoms with E-state index < -0.39 is 65.5 Å². The highest BCUT2D eigenvalue weighted by Crippen LogP contribution is 2.24. The van der Waals surface area contributed by atoms with Crippen LogP contribution in [0.15, 0.2) is 30.3 Å². The van der Waals surface area contributed by atoms with Crippen LogP contribution in [0.2, 0.25) is 0 Å². The molecule has 0 aromatic heterocycles. The zero-order chi connectivity index (χ0) is 40.2. The molecule has 2 aliphatic rings. The van der Waals surface area contributed by atoms with Gasteiger partial charge in [0.15, 0.2) is 0 Å². The first-order valence-corrected chi connectivity index (χ1v) is 19.6. The zero-order valence-corrected chi connectivity index (χ0v) is 33.5. The molecule has 0 spiro atoms. The van der Waals surface area contributed by atoms with Gasteiger partial charge in [0.1, 0.15) is 36.3 Å². The number of aliphatic hydroxyl groups is 1. The molecule has 1 aromatic carbocycles. The van der Waals surface area contributed by atoms with Crippen molar-refractivity contribution in [2.75, 3.05) is 19.7 Å². The maximum atomic E-state index is 13.9. The summed E-state index contributed by atoms with van der Waals surface area (Å²) in [6.07, 6.45) is 2.91. The zero-order valence-electron chi connectivity index (χ0n) is 33.5. The number of nitrogens with one attached hydrogen (secondary N) is 4. The molecule has 6 amide bonds. The Morgan fingerprint density at radius 1 is 0.815 bits per heavy atom. The number of aliphatic hydroxyl groups excluding tert-OH is 1. The third-order valence-electron chi connectivity index (χ3n) is 10.2. The van der Waals surface area contributed by atoms with Crippen molar-refractivity contribution in [3.63, 3.8) is 0 Å². The van der Waals surface area contributed by atoms with E-state index in [0.717, 1.165) is 5.56 Å². The summed E-state index contributed by atoms with van der Waals surface area (Å²) in [4.78, 5) is 84.5. The van der Waals surface area contributed by atoms with E-state index in [2.05, 4.69) is 21.3 Å². The summed E-state index contributed by atoms with van der Waals surface area (Å²) in [6, 6.07) is 5.26. The predicted molar refractivity (Wildman–Crippen MR) is 205 cm³/mol. The second-order valence-corrected chi connectivity index (χ2v) is 16.2. The first kappa shape index (κ1) is 44.2. The standard InChI is InChI=1S/C40H64N6O8/c1-9-27(6)33(43-36(50)32-18-14-20-46(32)39(53)54-24-28-15-11-10-12-16-28)37(51)42-30(22-26(4)5)34(48)44-40(7,8)38(52)45-19-13-17-31(45)35(49)41-29(23-47)21-25(2)3/h10-12,15-16,25-27,29-33,47H,9,13-14,17-24H2,1-8H3,(H,41,49)(H,42,51)(H,43,50)(H,44,48)/t27-,29-,30-,31-,32-,33-/m0/s1. The summed E-state index contributed by atoms with van der Waals surface area (Å²) < 4.78 is 5.50. The number of carbonyl (C=O) groups excluding carboxylic acids is 6. The number of carbonyl (C=O) groups is 6. The van der Waals surface area contributed by atoms with Gasteiger partial charge in [-0.2, -0.15) is 0 Å². The van der Waals surface area contributed by atoms with Gasteiger partial charge >= 0.3 is 6.09 Å². The van der Waals surface area contributed by atoms with Crippen molar-refractivity contribution in [2.24, 2.45) is 17.8 Å². The molecule has 0 saturated carbocycles. The van der Waals surface area contributed by atoms with Crippen LogP contribution in [0.4, 0.5) is 4.79 Å². The van der Waals surface area contributed by atoms with Gasteiger partial charge in [-0.05, 0) is 75.7 Å². The smallest absolute Gasteiger partial charge is 0.410 e. The Labute approximate surface area is 320 Å². The molecule has 302 valence electrons. The van der Waals surface area contributed by atoms with E-state index in [0.29, 0.717) is 51.6 Å². The highest BCUT2D eigenvalue weighted by atomic mass is 16.6. The molecule has 2 fully saturated rings. The van der Waals surface area contributed by atoms with E-state index >= 15 is 0 Å². The topological polar surface area (TPSA) is 186 Å². The number of nitrogens with zero attached hydrogens (tertiary/aromatic N) is 2. The van der Waals surface area contributed by atoms with E-state index in [-0.39, 0.29) is 43.3 Å². The average molecular weight is 757 g/mol. The molecule has 3 rings (SSSR count). The van der Waals surface area contributed by atoms with E-state index in [1.165, 1.54) is 9.80 Å². The molecule has 0 aliphatic carbocycles. The van der Waals surface area contributed by atoms with Crippen LogP contribution in [0.3, 0.4) is 0 Å². The van der Waals surface area contributed by atoms with Crippen molar-refractivity contribution in [3.05, 3.63) is 35.9 Å². The monoisotopic (exact) mass is 756 g/mol. The number of rotatable bonds is 18. The van der Waals surface area contributed by atoms with Crippen molar-refractivity contribution in [1.29, 1.82) is 0 Å². The van der Waals surface area contributed by atoms with Gasteiger partial charge in [-0.1, -0.05) is 78.3 Å². The highest BCUT2D eigenvalue weighted by molar-refractivity contribution is 5.98. The normalized spacial score (nSPS) is 19.5. The van der Waals surface area contributed by atoms with Gasteiger partial charge in [0.2, 0.25) is 29.5 Å². The number of hydrogen-bond donors (Lipinski definition) is 5. The number of amides is 6. The first-order valence-electron chi connectivity index (χ1n) is 19.6. The fourth-order valence-corrected chi connectivity index (χ4v) is 7.11. The van der Waals surface area contributed by atoms with Gasteiger partial charge in [0.25, 0.3) is 0 Å². The number of ether oxygens (including phenoxy) is 1. The molecular weight excluding hydrogens is 692 g/mol. The maximum Gasteiger partial charge on any atom is 0.410 e. The van der Waals surface area contributed by atoms with Crippen LogP contribution in [0.1, 0.15) is 106 Å². The SMILES string of the molecule is CC[C@H](C)[C@H](NC(=O)[C@@H]1CCCN1C(=O)OCc1ccccc1)C(=O)N[C@@H](CC(C)C)C(=O)NC(C)(C)C(=O)N1CCC[C@H]1C(=O)N[C@H](CO)CC(C)C. The average Bonchev–Trinajstić information content (AvgIpc) is 3.82. The fraction of sp³-hybridized carbons (Fsp3) is 0.700. The molecular formula is C40H64N6O8. The van der Waals surface area contributed by atoms with Gasteiger partial charge < -0.3 is 36.0 Å². The van der Waals surface area contributed by atoms with Gasteiger partial charge in [-0.25, -0.2) is 4.79 Å². The third kappa shape index (κ3) is 12.4. The largest absolute Gasteiger partial charge is 0.445 e. The number of likely N-dealkylation sites (tertiary alicyclic amines) is 2. The minimum atomic E-state index is -1.42. The quantitative estimate of drug-likeness (QED) is 0.151. The lowest BCUT2D eigenvalue weighted by Crippen LogP contribution is -2.63. The molecule has 6 atom stereocenters. The summed E-state index contributed by atoms with van der Waals surface area (Å²) in [5, 5.41) is 21.2. The molecule has 1 aromatic rings. The molecule has 0 bridgehead atoms. The van der Waals surface area contributed by atoms with Crippen LogP contribution in [-0.2, 0) is 35.3 Å².